The Balaban J connectivity index is 1.52. The Kier molecular flexibility index (Phi) is 6.95. The molecular weight excluding hydrogens is 370 g/mol. The average molecular weight is 406 g/mol. The Morgan fingerprint density at radius 2 is 2.00 bits per heavy atom. The van der Waals surface area contributed by atoms with Crippen LogP contribution in [-0.2, 0) is 4.79 Å². The number of β-amino-alcohol motifs (C(OH)–C–C–N with tert-alkyl or cyclic N) is 1. The number of aromatic nitrogens is 2. The average Bonchev–Trinajstić information content (AvgIpc) is 3.08. The Morgan fingerprint density at radius 1 is 1.28 bits per heavy atom. The zero-order valence-corrected chi connectivity index (χ0v) is 17.9. The highest BCUT2D eigenvalue weighted by molar-refractivity contribution is 5.92. The van der Waals surface area contributed by atoms with Crippen LogP contribution in [0.25, 0.3) is 0 Å². The van der Waals surface area contributed by atoms with Crippen LogP contribution in [0.1, 0.15) is 75.0 Å². The number of nitrogens with zero attached hydrogens (tertiary/aromatic N) is 3. The van der Waals surface area contributed by atoms with Gasteiger partial charge in [-0.05, 0) is 44.1 Å². The summed E-state index contributed by atoms with van der Waals surface area (Å²) >= 11 is 0. The molecule has 1 atom stereocenters. The number of carbonyl (C=O) groups is 2. The lowest BCUT2D eigenvalue weighted by Crippen LogP contribution is -2.50. The summed E-state index contributed by atoms with van der Waals surface area (Å²) in [6.45, 7) is 9.25. The summed E-state index contributed by atoms with van der Waals surface area (Å²) in [6.07, 6.45) is 3.88. The first-order valence-corrected chi connectivity index (χ1v) is 10.8. The zero-order valence-electron chi connectivity index (χ0n) is 17.9. The number of carbonyl (C=O) groups excluding carboxylic acids is 2. The maximum absolute atomic E-state index is 12.8. The van der Waals surface area contributed by atoms with Crippen LogP contribution in [0.5, 0.6) is 0 Å². The summed E-state index contributed by atoms with van der Waals surface area (Å²) in [5.41, 5.74) is 0.645. The van der Waals surface area contributed by atoms with Crippen molar-refractivity contribution in [2.45, 2.75) is 70.4 Å². The highest BCUT2D eigenvalue weighted by atomic mass is 16.3. The third-order valence-electron chi connectivity index (χ3n) is 6.16. The van der Waals surface area contributed by atoms with Crippen LogP contribution in [0.4, 0.5) is 0 Å². The fourth-order valence-electron chi connectivity index (χ4n) is 4.38. The van der Waals surface area contributed by atoms with Crippen molar-refractivity contribution in [1.29, 1.82) is 0 Å². The summed E-state index contributed by atoms with van der Waals surface area (Å²) in [4.78, 5) is 28.2. The molecule has 8 heteroatoms. The number of nitrogens with one attached hydrogen (secondary N) is 2. The number of amides is 2. The maximum atomic E-state index is 12.8. The van der Waals surface area contributed by atoms with Crippen molar-refractivity contribution < 1.29 is 14.7 Å². The monoisotopic (exact) mass is 405 g/mol. The summed E-state index contributed by atoms with van der Waals surface area (Å²) in [5, 5.41) is 21.3. The smallest absolute Gasteiger partial charge is 0.274 e. The van der Waals surface area contributed by atoms with Gasteiger partial charge in [0, 0.05) is 51.4 Å². The second-order valence-electron chi connectivity index (χ2n) is 8.98. The molecule has 1 unspecified atom stereocenters. The van der Waals surface area contributed by atoms with E-state index in [1.807, 2.05) is 11.0 Å². The van der Waals surface area contributed by atoms with Crippen molar-refractivity contribution in [3.05, 3.63) is 17.5 Å². The lowest BCUT2D eigenvalue weighted by Gasteiger charge is -2.38. The summed E-state index contributed by atoms with van der Waals surface area (Å²) in [7, 11) is 0. The molecule has 2 amide bonds. The van der Waals surface area contributed by atoms with Crippen molar-refractivity contribution in [2.24, 2.45) is 0 Å². The molecule has 0 spiro atoms. The van der Waals surface area contributed by atoms with Crippen molar-refractivity contribution >= 4 is 11.8 Å². The Hall–Kier alpha value is -1.93. The van der Waals surface area contributed by atoms with Gasteiger partial charge in [0.1, 0.15) is 5.69 Å². The van der Waals surface area contributed by atoms with E-state index >= 15 is 0 Å². The van der Waals surface area contributed by atoms with Crippen LogP contribution in [0.3, 0.4) is 0 Å². The van der Waals surface area contributed by atoms with Crippen molar-refractivity contribution in [2.75, 3.05) is 32.7 Å². The molecule has 2 fully saturated rings. The molecule has 162 valence electrons. The number of hydrogen-bond donors (Lipinski definition) is 3. The van der Waals surface area contributed by atoms with Crippen LogP contribution >= 0.6 is 0 Å². The number of H-pyrrole nitrogens is 1. The Bertz CT molecular complexity index is 711. The molecule has 3 heterocycles. The lowest BCUT2D eigenvalue weighted by atomic mass is 9.93. The largest absolute Gasteiger partial charge is 0.388 e. The molecule has 2 aliphatic heterocycles. The molecule has 3 N–H and O–H groups in total. The third kappa shape index (κ3) is 5.79. The van der Waals surface area contributed by atoms with E-state index in [0.29, 0.717) is 44.1 Å². The normalized spacial score (nSPS) is 24.5. The van der Waals surface area contributed by atoms with Gasteiger partial charge in [0.2, 0.25) is 5.91 Å². The first kappa shape index (κ1) is 21.8. The summed E-state index contributed by atoms with van der Waals surface area (Å²) in [6, 6.07) is 2.08. The number of piperidine rings is 1. The van der Waals surface area contributed by atoms with Crippen molar-refractivity contribution in [3.8, 4) is 0 Å². The molecular formula is C21H35N5O3. The van der Waals surface area contributed by atoms with Crippen LogP contribution < -0.4 is 5.32 Å². The number of aliphatic hydroxyl groups is 1. The number of aromatic amines is 1. The molecule has 0 aromatic carbocycles. The van der Waals surface area contributed by atoms with Gasteiger partial charge in [-0.1, -0.05) is 13.8 Å². The van der Waals surface area contributed by atoms with Gasteiger partial charge < -0.3 is 20.2 Å². The number of hydrogen-bond acceptors (Lipinski definition) is 5. The third-order valence-corrected chi connectivity index (χ3v) is 6.16. The summed E-state index contributed by atoms with van der Waals surface area (Å²) in [5.74, 6) is 0.259. The predicted octanol–water partition coefficient (Wildman–Crippen LogP) is 1.49. The van der Waals surface area contributed by atoms with Crippen LogP contribution in [0.2, 0.25) is 0 Å². The van der Waals surface area contributed by atoms with E-state index in [4.69, 9.17) is 0 Å². The first-order valence-electron chi connectivity index (χ1n) is 10.8. The first-order chi connectivity index (χ1) is 13.8. The van der Waals surface area contributed by atoms with E-state index in [2.05, 4.69) is 34.3 Å². The number of likely N-dealkylation sites (tertiary alicyclic amines) is 2. The molecule has 1 aromatic heterocycles. The van der Waals surface area contributed by atoms with E-state index in [-0.39, 0.29) is 17.9 Å². The molecule has 2 saturated heterocycles. The maximum Gasteiger partial charge on any atom is 0.274 e. The molecule has 0 radical (unpaired) electrons. The Labute approximate surface area is 173 Å². The van der Waals surface area contributed by atoms with Gasteiger partial charge >= 0.3 is 0 Å². The van der Waals surface area contributed by atoms with Crippen LogP contribution in [-0.4, -0.2) is 81.3 Å². The molecule has 8 nitrogen and oxygen atoms in total. The number of rotatable bonds is 5. The van der Waals surface area contributed by atoms with Crippen LogP contribution in [0, 0.1) is 0 Å². The van der Waals surface area contributed by atoms with Gasteiger partial charge in [-0.2, -0.15) is 5.10 Å². The van der Waals surface area contributed by atoms with E-state index in [0.717, 1.165) is 38.0 Å². The van der Waals surface area contributed by atoms with E-state index in [1.54, 1.807) is 6.92 Å². The fourth-order valence-corrected chi connectivity index (χ4v) is 4.38. The van der Waals surface area contributed by atoms with Gasteiger partial charge in [-0.3, -0.25) is 14.7 Å². The van der Waals surface area contributed by atoms with E-state index < -0.39 is 5.60 Å². The van der Waals surface area contributed by atoms with Gasteiger partial charge in [0.15, 0.2) is 0 Å². The SMILES string of the molecule is CC(=O)NC1CCN(CC2(O)CCCN(C(=O)c3cc(C(C)C)[nH]n3)CC2)CC1. The molecule has 29 heavy (non-hydrogen) atoms. The molecule has 2 aliphatic rings. The van der Waals surface area contributed by atoms with Gasteiger partial charge in [0.25, 0.3) is 5.91 Å². The van der Waals surface area contributed by atoms with E-state index in [1.165, 1.54) is 0 Å². The topological polar surface area (TPSA) is 102 Å². The minimum Gasteiger partial charge on any atom is -0.388 e. The second kappa shape index (κ2) is 9.26. The molecule has 1 aromatic rings. The molecule has 0 aliphatic carbocycles. The lowest BCUT2D eigenvalue weighted by molar-refractivity contribution is -0.120. The van der Waals surface area contributed by atoms with Gasteiger partial charge in [0.05, 0.1) is 5.60 Å². The molecule has 0 bridgehead atoms. The fraction of sp³-hybridized carbons (Fsp3) is 0.762. The highest BCUT2D eigenvalue weighted by Crippen LogP contribution is 2.26. The highest BCUT2D eigenvalue weighted by Gasteiger charge is 2.35. The molecule has 0 saturated carbocycles. The second-order valence-corrected chi connectivity index (χ2v) is 8.98. The summed E-state index contributed by atoms with van der Waals surface area (Å²) < 4.78 is 0. The van der Waals surface area contributed by atoms with Crippen LogP contribution in [0.15, 0.2) is 6.07 Å². The quantitative estimate of drug-likeness (QED) is 0.689. The van der Waals surface area contributed by atoms with Crippen molar-refractivity contribution in [1.82, 2.24) is 25.3 Å². The minimum atomic E-state index is -0.773. The Morgan fingerprint density at radius 3 is 2.62 bits per heavy atom. The van der Waals surface area contributed by atoms with Gasteiger partial charge in [-0.15, -0.1) is 0 Å². The molecule has 3 rings (SSSR count). The zero-order chi connectivity index (χ0) is 21.0. The predicted molar refractivity (Wildman–Crippen MR) is 111 cm³/mol. The van der Waals surface area contributed by atoms with E-state index in [9.17, 15) is 14.7 Å². The van der Waals surface area contributed by atoms with Crippen molar-refractivity contribution in [3.63, 3.8) is 0 Å². The minimum absolute atomic E-state index is 0.0213. The standard InChI is InChI=1S/C21H35N5O3/c1-15(2)18-13-19(24-23-18)20(28)26-9-4-7-21(29,8-12-26)14-25-10-5-17(6-11-25)22-16(3)27/h13,15,17,29H,4-12,14H2,1-3H3,(H,22,27)(H,23,24). The van der Waals surface area contributed by atoms with Gasteiger partial charge in [-0.25, -0.2) is 0 Å².